The summed E-state index contributed by atoms with van der Waals surface area (Å²) < 4.78 is 7.36. The van der Waals surface area contributed by atoms with Crippen LogP contribution in [-0.2, 0) is 6.54 Å². The van der Waals surface area contributed by atoms with Crippen molar-refractivity contribution < 1.29 is 19.4 Å². The quantitative estimate of drug-likeness (QED) is 0.515. The van der Waals surface area contributed by atoms with E-state index in [0.717, 1.165) is 16.5 Å². The number of benzene rings is 2. The van der Waals surface area contributed by atoms with Crippen LogP contribution in [0.3, 0.4) is 0 Å². The number of aromatic nitrogens is 1. The van der Waals surface area contributed by atoms with E-state index in [9.17, 15) is 9.90 Å². The average Bonchev–Trinajstić information content (AvgIpc) is 3.26. The molecule has 2 aromatic carbocycles. The number of hydrogen-bond acceptors (Lipinski definition) is 4. The molecule has 0 atom stereocenters. The molecule has 0 saturated carbocycles. The molecule has 0 radical (unpaired) electrons. The molecule has 6 nitrogen and oxygen atoms in total. The van der Waals surface area contributed by atoms with Crippen LogP contribution in [-0.4, -0.2) is 27.0 Å². The third kappa shape index (κ3) is 3.46. The van der Waals surface area contributed by atoms with Crippen LogP contribution in [0, 0.1) is 0 Å². The van der Waals surface area contributed by atoms with Crippen molar-refractivity contribution in [1.82, 2.24) is 4.57 Å². The Morgan fingerprint density at radius 3 is 2.74 bits per heavy atom. The van der Waals surface area contributed by atoms with Crippen LogP contribution in [0.5, 0.6) is 5.75 Å². The molecule has 0 bridgehead atoms. The third-order valence-electron chi connectivity index (χ3n) is 4.20. The van der Waals surface area contributed by atoms with Crippen LogP contribution in [0.25, 0.3) is 10.9 Å². The number of aromatic carboxylic acids is 1. The van der Waals surface area contributed by atoms with E-state index < -0.39 is 5.97 Å². The fourth-order valence-corrected chi connectivity index (χ4v) is 2.97. The number of furan rings is 1. The van der Waals surface area contributed by atoms with Crippen LogP contribution < -0.4 is 0 Å². The molecule has 0 spiro atoms. The zero-order valence-electron chi connectivity index (χ0n) is 14.2. The summed E-state index contributed by atoms with van der Waals surface area (Å²) in [5, 5.41) is 19.6. The van der Waals surface area contributed by atoms with Crippen molar-refractivity contribution in [2.24, 2.45) is 4.99 Å². The summed E-state index contributed by atoms with van der Waals surface area (Å²) in [6, 6.07) is 17.7. The van der Waals surface area contributed by atoms with Crippen molar-refractivity contribution in [3.63, 3.8) is 0 Å². The highest BCUT2D eigenvalue weighted by atomic mass is 16.4. The number of phenols is 1. The minimum absolute atomic E-state index is 0.0767. The van der Waals surface area contributed by atoms with E-state index >= 15 is 0 Å². The van der Waals surface area contributed by atoms with Gasteiger partial charge >= 0.3 is 5.97 Å². The van der Waals surface area contributed by atoms with Gasteiger partial charge in [0.25, 0.3) is 0 Å². The number of hydrogen-bond donors (Lipinski definition) is 2. The largest absolute Gasteiger partial charge is 0.508 e. The fraction of sp³-hybridized carbons (Fsp3) is 0.0476. The Morgan fingerprint density at radius 1 is 1.11 bits per heavy atom. The molecule has 2 aromatic heterocycles. The Balaban J connectivity index is 1.69. The van der Waals surface area contributed by atoms with Gasteiger partial charge in [0, 0.05) is 34.9 Å². The summed E-state index contributed by atoms with van der Waals surface area (Å²) >= 11 is 0. The number of rotatable bonds is 5. The summed E-state index contributed by atoms with van der Waals surface area (Å²) in [7, 11) is 0. The normalized spacial score (nSPS) is 11.4. The monoisotopic (exact) mass is 360 g/mol. The molecular weight excluding hydrogens is 344 g/mol. The first-order chi connectivity index (χ1) is 13.1. The average molecular weight is 360 g/mol. The van der Waals surface area contributed by atoms with Gasteiger partial charge in [0.1, 0.15) is 11.5 Å². The van der Waals surface area contributed by atoms with Crippen molar-refractivity contribution in [2.45, 2.75) is 6.54 Å². The molecule has 0 aliphatic carbocycles. The Labute approximate surface area is 154 Å². The number of phenolic OH excluding ortho intramolecular Hbond substituents is 1. The zero-order valence-corrected chi connectivity index (χ0v) is 14.2. The maximum Gasteiger partial charge on any atom is 0.371 e. The van der Waals surface area contributed by atoms with Gasteiger partial charge in [0.2, 0.25) is 5.76 Å². The van der Waals surface area contributed by atoms with Gasteiger partial charge in [-0.25, -0.2) is 4.79 Å². The minimum atomic E-state index is -1.09. The number of carbonyl (C=O) groups is 1. The lowest BCUT2D eigenvalue weighted by Crippen LogP contribution is -1.97. The van der Waals surface area contributed by atoms with Gasteiger partial charge in [-0.1, -0.05) is 24.3 Å². The van der Waals surface area contributed by atoms with Gasteiger partial charge < -0.3 is 19.2 Å². The molecule has 0 fully saturated rings. The van der Waals surface area contributed by atoms with Crippen LogP contribution in [0.1, 0.15) is 21.9 Å². The van der Waals surface area contributed by atoms with Crippen molar-refractivity contribution >= 4 is 28.8 Å². The van der Waals surface area contributed by atoms with Crippen molar-refractivity contribution in [3.05, 3.63) is 83.9 Å². The first-order valence-electron chi connectivity index (χ1n) is 8.33. The van der Waals surface area contributed by atoms with E-state index in [1.54, 1.807) is 30.5 Å². The molecule has 0 aliphatic rings. The fourth-order valence-electron chi connectivity index (χ4n) is 2.97. The number of carboxylic acids is 1. The highest BCUT2D eigenvalue weighted by Crippen LogP contribution is 2.23. The second-order valence-electron chi connectivity index (χ2n) is 6.08. The summed E-state index contributed by atoms with van der Waals surface area (Å²) in [5.41, 5.74) is 2.56. The van der Waals surface area contributed by atoms with Crippen molar-refractivity contribution in [1.29, 1.82) is 0 Å². The Kier molecular flexibility index (Phi) is 4.22. The Hall–Kier alpha value is -3.80. The van der Waals surface area contributed by atoms with E-state index in [0.29, 0.717) is 18.0 Å². The number of para-hydroxylation sites is 1. The molecule has 2 N–H and O–H groups in total. The summed E-state index contributed by atoms with van der Waals surface area (Å²) in [5.74, 6) is -0.437. The first-order valence-corrected chi connectivity index (χ1v) is 8.33. The molecule has 0 saturated heterocycles. The molecule has 27 heavy (non-hydrogen) atoms. The predicted molar refractivity (Wildman–Crippen MR) is 102 cm³/mol. The van der Waals surface area contributed by atoms with Gasteiger partial charge in [-0.3, -0.25) is 4.99 Å². The SMILES string of the molecule is O=C(O)c1ccc(Cn2cc(C=Nc3cccc(O)c3)c3ccccc32)o1. The minimum Gasteiger partial charge on any atom is -0.508 e. The first kappa shape index (κ1) is 16.7. The number of carboxylic acid groups (broad SMARTS) is 1. The molecule has 2 heterocycles. The number of aliphatic imine (C=N–C) groups is 1. The van der Waals surface area contributed by atoms with Gasteiger partial charge in [-0.15, -0.1) is 0 Å². The van der Waals surface area contributed by atoms with Crippen molar-refractivity contribution in [2.75, 3.05) is 0 Å². The highest BCUT2D eigenvalue weighted by molar-refractivity contribution is 6.00. The van der Waals surface area contributed by atoms with E-state index in [4.69, 9.17) is 9.52 Å². The topological polar surface area (TPSA) is 88.0 Å². The van der Waals surface area contributed by atoms with E-state index in [-0.39, 0.29) is 11.5 Å². The van der Waals surface area contributed by atoms with Crippen LogP contribution >= 0.6 is 0 Å². The summed E-state index contributed by atoms with van der Waals surface area (Å²) in [6.07, 6.45) is 3.69. The second-order valence-corrected chi connectivity index (χ2v) is 6.08. The van der Waals surface area contributed by atoms with Crippen LogP contribution in [0.15, 0.2) is 76.3 Å². The molecule has 4 rings (SSSR count). The lowest BCUT2D eigenvalue weighted by molar-refractivity contribution is 0.0660. The Morgan fingerprint density at radius 2 is 1.96 bits per heavy atom. The zero-order chi connectivity index (χ0) is 18.8. The molecular formula is C21H16N2O4. The van der Waals surface area contributed by atoms with E-state index in [2.05, 4.69) is 4.99 Å². The van der Waals surface area contributed by atoms with Crippen molar-refractivity contribution in [3.8, 4) is 5.75 Å². The number of nitrogens with zero attached hydrogens (tertiary/aromatic N) is 2. The Bertz CT molecular complexity index is 1150. The molecule has 134 valence electrons. The van der Waals surface area contributed by atoms with E-state index in [1.807, 2.05) is 41.1 Å². The van der Waals surface area contributed by atoms with Gasteiger partial charge in [-0.05, 0) is 30.3 Å². The number of fused-ring (bicyclic) bond motifs is 1. The molecule has 4 aromatic rings. The summed E-state index contributed by atoms with van der Waals surface area (Å²) in [6.45, 7) is 0.410. The van der Waals surface area contributed by atoms with Crippen LogP contribution in [0.2, 0.25) is 0 Å². The predicted octanol–water partition coefficient (Wildman–Crippen LogP) is 4.44. The molecule has 6 heteroatoms. The molecule has 0 unspecified atom stereocenters. The standard InChI is InChI=1S/C21H16N2O4/c24-16-5-3-4-15(10-16)22-11-14-12-23(19-7-2-1-6-18(14)19)13-17-8-9-20(27-17)21(25)26/h1-12,24H,13H2,(H,25,26). The number of aromatic hydroxyl groups is 1. The molecule has 0 aliphatic heterocycles. The van der Waals surface area contributed by atoms with Gasteiger partial charge in [0.05, 0.1) is 12.2 Å². The second kappa shape index (κ2) is 6.84. The lowest BCUT2D eigenvalue weighted by atomic mass is 10.2. The van der Waals surface area contributed by atoms with E-state index in [1.165, 1.54) is 6.07 Å². The van der Waals surface area contributed by atoms with Gasteiger partial charge in [0.15, 0.2) is 0 Å². The lowest BCUT2D eigenvalue weighted by Gasteiger charge is -2.02. The maximum absolute atomic E-state index is 11.0. The maximum atomic E-state index is 11.0. The van der Waals surface area contributed by atoms with Gasteiger partial charge in [-0.2, -0.15) is 0 Å². The molecule has 0 amide bonds. The smallest absolute Gasteiger partial charge is 0.371 e. The third-order valence-corrected chi connectivity index (χ3v) is 4.20. The van der Waals surface area contributed by atoms with Crippen LogP contribution in [0.4, 0.5) is 5.69 Å². The highest BCUT2D eigenvalue weighted by Gasteiger charge is 2.12. The summed E-state index contributed by atoms with van der Waals surface area (Å²) in [4.78, 5) is 15.4.